The summed E-state index contributed by atoms with van der Waals surface area (Å²) in [6.45, 7) is 5.57. The maximum absolute atomic E-state index is 12.6. The van der Waals surface area contributed by atoms with Crippen molar-refractivity contribution in [2.24, 2.45) is 5.92 Å². The van der Waals surface area contributed by atoms with Gasteiger partial charge in [0, 0.05) is 25.1 Å². The monoisotopic (exact) mass is 366 g/mol. The molecule has 0 aromatic heterocycles. The first-order chi connectivity index (χ1) is 12.1. The molecule has 142 valence electrons. The second kappa shape index (κ2) is 7.59. The van der Waals surface area contributed by atoms with Gasteiger partial charge in [0.05, 0.1) is 11.0 Å². The summed E-state index contributed by atoms with van der Waals surface area (Å²) in [6.07, 6.45) is -1.68. The number of amides is 1. The molecule has 0 saturated carbocycles. The van der Waals surface area contributed by atoms with Gasteiger partial charge in [-0.25, -0.2) is 9.59 Å². The molecule has 1 N–H and O–H groups in total. The number of nitro groups is 1. The quantitative estimate of drug-likeness (QED) is 0.483. The van der Waals surface area contributed by atoms with E-state index in [4.69, 9.17) is 14.6 Å². The van der Waals surface area contributed by atoms with Gasteiger partial charge in [0.25, 0.3) is 5.69 Å². The van der Waals surface area contributed by atoms with Crippen LogP contribution in [0.15, 0.2) is 24.3 Å². The van der Waals surface area contributed by atoms with E-state index in [0.29, 0.717) is 6.42 Å². The molecule has 2 atom stereocenters. The van der Waals surface area contributed by atoms with Crippen molar-refractivity contribution in [1.82, 2.24) is 4.90 Å². The van der Waals surface area contributed by atoms with Crippen LogP contribution in [0.25, 0.3) is 0 Å². The number of ether oxygens (including phenoxy) is 2. The number of esters is 1. The van der Waals surface area contributed by atoms with Crippen LogP contribution in [0.3, 0.4) is 0 Å². The second-order valence-corrected chi connectivity index (χ2v) is 7.10. The van der Waals surface area contributed by atoms with E-state index in [0.717, 1.165) is 0 Å². The van der Waals surface area contributed by atoms with Gasteiger partial charge in [-0.2, -0.15) is 0 Å². The maximum atomic E-state index is 12.6. The average Bonchev–Trinajstić information content (AvgIpc) is 3.01. The minimum atomic E-state index is -1.06. The standard InChI is InChI=1S/C17H22N2O7/c1-17(2,3)26-15(20)14(11-7-8-18(10-11)16(21)22)25-13-6-4-5-12(9-13)19(23)24/h4-6,9,11,14H,7-8,10H2,1-3H3,(H,21,22)/t11-,14?/m0/s1. The van der Waals surface area contributed by atoms with E-state index in [2.05, 4.69) is 0 Å². The lowest BCUT2D eigenvalue weighted by molar-refractivity contribution is -0.385. The zero-order valence-corrected chi connectivity index (χ0v) is 14.9. The van der Waals surface area contributed by atoms with Crippen molar-refractivity contribution >= 4 is 17.7 Å². The molecule has 1 heterocycles. The third kappa shape index (κ3) is 5.08. The number of non-ortho nitro benzene ring substituents is 1. The van der Waals surface area contributed by atoms with E-state index in [1.54, 1.807) is 20.8 Å². The molecule has 26 heavy (non-hydrogen) atoms. The number of likely N-dealkylation sites (tertiary alicyclic amines) is 1. The molecule has 1 fully saturated rings. The summed E-state index contributed by atoms with van der Waals surface area (Å²) in [5.74, 6) is -0.870. The molecule has 0 bridgehead atoms. The van der Waals surface area contributed by atoms with Crippen LogP contribution in [0.1, 0.15) is 27.2 Å². The number of carbonyl (C=O) groups excluding carboxylic acids is 1. The summed E-state index contributed by atoms with van der Waals surface area (Å²) < 4.78 is 11.1. The maximum Gasteiger partial charge on any atom is 0.407 e. The zero-order valence-electron chi connectivity index (χ0n) is 14.9. The first kappa shape index (κ1) is 19.5. The molecule has 1 aromatic carbocycles. The van der Waals surface area contributed by atoms with Crippen molar-refractivity contribution in [2.45, 2.75) is 38.9 Å². The molecule has 0 spiro atoms. The molecule has 1 aliphatic rings. The van der Waals surface area contributed by atoms with Crippen LogP contribution in [0, 0.1) is 16.0 Å². The van der Waals surface area contributed by atoms with Crippen molar-refractivity contribution in [3.63, 3.8) is 0 Å². The third-order valence-electron chi connectivity index (χ3n) is 3.85. The lowest BCUT2D eigenvalue weighted by atomic mass is 10.0. The number of hydrogen-bond acceptors (Lipinski definition) is 6. The molecule has 9 heteroatoms. The Labute approximate surface area is 150 Å². The highest BCUT2D eigenvalue weighted by atomic mass is 16.6. The molecule has 2 rings (SSSR count). The van der Waals surface area contributed by atoms with Gasteiger partial charge in [0.1, 0.15) is 11.4 Å². The number of hydrogen-bond donors (Lipinski definition) is 1. The number of carboxylic acid groups (broad SMARTS) is 1. The Morgan fingerprint density at radius 2 is 2.08 bits per heavy atom. The van der Waals surface area contributed by atoms with Crippen LogP contribution in [0.4, 0.5) is 10.5 Å². The zero-order chi connectivity index (χ0) is 19.5. The number of benzene rings is 1. The van der Waals surface area contributed by atoms with Crippen molar-refractivity contribution in [1.29, 1.82) is 0 Å². The smallest absolute Gasteiger partial charge is 0.407 e. The minimum Gasteiger partial charge on any atom is -0.478 e. The topological polar surface area (TPSA) is 119 Å². The molecule has 1 amide bonds. The van der Waals surface area contributed by atoms with Crippen LogP contribution in [0.5, 0.6) is 5.75 Å². The molecule has 0 radical (unpaired) electrons. The highest BCUT2D eigenvalue weighted by Gasteiger charge is 2.39. The van der Waals surface area contributed by atoms with Crippen molar-refractivity contribution in [2.75, 3.05) is 13.1 Å². The fourth-order valence-electron chi connectivity index (χ4n) is 2.72. The summed E-state index contributed by atoms with van der Waals surface area (Å²) in [5.41, 5.74) is -0.907. The molecule has 1 unspecified atom stereocenters. The Morgan fingerprint density at radius 3 is 2.62 bits per heavy atom. The Kier molecular flexibility index (Phi) is 5.69. The molecule has 0 aliphatic carbocycles. The second-order valence-electron chi connectivity index (χ2n) is 7.10. The van der Waals surface area contributed by atoms with E-state index in [1.165, 1.54) is 29.2 Å². The number of nitro benzene ring substituents is 1. The lowest BCUT2D eigenvalue weighted by Crippen LogP contribution is -2.41. The predicted octanol–water partition coefficient (Wildman–Crippen LogP) is 2.68. The Hall–Kier alpha value is -2.84. The summed E-state index contributed by atoms with van der Waals surface area (Å²) in [4.78, 5) is 35.3. The van der Waals surface area contributed by atoms with E-state index < -0.39 is 34.6 Å². The van der Waals surface area contributed by atoms with Crippen LogP contribution in [0.2, 0.25) is 0 Å². The minimum absolute atomic E-state index is 0.133. The Balaban J connectivity index is 2.23. The van der Waals surface area contributed by atoms with Crippen LogP contribution >= 0.6 is 0 Å². The average molecular weight is 366 g/mol. The summed E-state index contributed by atoms with van der Waals surface area (Å²) >= 11 is 0. The van der Waals surface area contributed by atoms with E-state index >= 15 is 0 Å². The Morgan fingerprint density at radius 1 is 1.38 bits per heavy atom. The van der Waals surface area contributed by atoms with Gasteiger partial charge in [-0.1, -0.05) is 6.07 Å². The third-order valence-corrected chi connectivity index (χ3v) is 3.85. The molecule has 1 saturated heterocycles. The summed E-state index contributed by atoms with van der Waals surface area (Å²) in [6, 6.07) is 5.50. The highest BCUT2D eigenvalue weighted by molar-refractivity contribution is 5.76. The molecular formula is C17H22N2O7. The first-order valence-corrected chi connectivity index (χ1v) is 8.18. The van der Waals surface area contributed by atoms with E-state index in [9.17, 15) is 19.7 Å². The summed E-state index contributed by atoms with van der Waals surface area (Å²) in [7, 11) is 0. The molecular weight excluding hydrogens is 344 g/mol. The fraction of sp³-hybridized carbons (Fsp3) is 0.529. The molecule has 1 aliphatic heterocycles. The SMILES string of the molecule is CC(C)(C)OC(=O)C(Oc1cccc([N+](=O)[O-])c1)[C@H]1CCN(C(=O)O)C1. The van der Waals surface area contributed by atoms with E-state index in [1.807, 2.05) is 0 Å². The van der Waals surface area contributed by atoms with Crippen molar-refractivity contribution in [3.8, 4) is 5.75 Å². The Bertz CT molecular complexity index is 699. The van der Waals surface area contributed by atoms with Gasteiger partial charge in [-0.3, -0.25) is 10.1 Å². The van der Waals surface area contributed by atoms with Crippen molar-refractivity contribution < 1.29 is 29.1 Å². The van der Waals surface area contributed by atoms with E-state index in [-0.39, 0.29) is 24.5 Å². The number of rotatable bonds is 5. The number of carbonyl (C=O) groups is 2. The van der Waals surface area contributed by atoms with Gasteiger partial charge in [-0.05, 0) is 33.3 Å². The number of nitrogens with zero attached hydrogens (tertiary/aromatic N) is 2. The van der Waals surface area contributed by atoms with Gasteiger partial charge < -0.3 is 19.5 Å². The molecule has 9 nitrogen and oxygen atoms in total. The van der Waals surface area contributed by atoms with Gasteiger partial charge in [0.2, 0.25) is 0 Å². The normalized spacial score (nSPS) is 18.3. The van der Waals surface area contributed by atoms with Gasteiger partial charge >= 0.3 is 12.1 Å². The van der Waals surface area contributed by atoms with Gasteiger partial charge in [0.15, 0.2) is 6.10 Å². The summed E-state index contributed by atoms with van der Waals surface area (Å²) in [5, 5.41) is 20.0. The highest BCUT2D eigenvalue weighted by Crippen LogP contribution is 2.28. The van der Waals surface area contributed by atoms with Crippen LogP contribution in [-0.2, 0) is 9.53 Å². The molecule has 1 aromatic rings. The lowest BCUT2D eigenvalue weighted by Gasteiger charge is -2.27. The van der Waals surface area contributed by atoms with Crippen LogP contribution in [-0.4, -0.2) is 51.8 Å². The predicted molar refractivity (Wildman–Crippen MR) is 91.1 cm³/mol. The fourth-order valence-corrected chi connectivity index (χ4v) is 2.72. The van der Waals surface area contributed by atoms with Gasteiger partial charge in [-0.15, -0.1) is 0 Å². The van der Waals surface area contributed by atoms with Crippen LogP contribution < -0.4 is 4.74 Å². The van der Waals surface area contributed by atoms with Crippen molar-refractivity contribution in [3.05, 3.63) is 34.4 Å². The largest absolute Gasteiger partial charge is 0.478 e. The first-order valence-electron chi connectivity index (χ1n) is 8.18.